The van der Waals surface area contributed by atoms with Gasteiger partial charge in [-0.05, 0) is 74.0 Å². The Morgan fingerprint density at radius 2 is 1.84 bits per heavy atom. The number of halogens is 1. The van der Waals surface area contributed by atoms with Crippen LogP contribution in [0.1, 0.15) is 44.1 Å². The minimum atomic E-state index is 0.00968. The summed E-state index contributed by atoms with van der Waals surface area (Å²) < 4.78 is 7.13. The van der Waals surface area contributed by atoms with E-state index in [-0.39, 0.29) is 11.4 Å². The molecule has 0 radical (unpaired) electrons. The van der Waals surface area contributed by atoms with Crippen molar-refractivity contribution in [1.82, 2.24) is 19.7 Å². The van der Waals surface area contributed by atoms with Crippen molar-refractivity contribution in [2.45, 2.75) is 62.3 Å². The zero-order chi connectivity index (χ0) is 22.1. The molecule has 4 bridgehead atoms. The molecule has 4 saturated carbocycles. The predicted molar refractivity (Wildman–Crippen MR) is 126 cm³/mol. The Morgan fingerprint density at radius 3 is 2.47 bits per heavy atom. The number of rotatable bonds is 9. The van der Waals surface area contributed by atoms with Crippen LogP contribution in [0.3, 0.4) is 0 Å². The van der Waals surface area contributed by atoms with Crippen molar-refractivity contribution in [2.75, 3.05) is 19.5 Å². The number of thioether (sulfide) groups is 1. The monoisotopic (exact) mass is 474 g/mol. The number of methoxy groups -OCH3 is 1. The smallest absolute Gasteiger partial charge is 0.233 e. The van der Waals surface area contributed by atoms with Gasteiger partial charge in [0.25, 0.3) is 0 Å². The second-order valence-electron chi connectivity index (χ2n) is 9.84. The van der Waals surface area contributed by atoms with E-state index in [2.05, 4.69) is 27.2 Å². The van der Waals surface area contributed by atoms with Gasteiger partial charge in [0, 0.05) is 30.8 Å². The van der Waals surface area contributed by atoms with Gasteiger partial charge in [-0.2, -0.15) is 0 Å². The second-order valence-corrected chi connectivity index (χ2v) is 11.2. The Hall–Kier alpha value is -1.57. The molecule has 1 aromatic heterocycles. The van der Waals surface area contributed by atoms with Crippen LogP contribution in [0.2, 0.25) is 5.02 Å². The highest BCUT2D eigenvalue weighted by atomic mass is 35.5. The van der Waals surface area contributed by atoms with Crippen LogP contribution in [-0.2, 0) is 22.6 Å². The van der Waals surface area contributed by atoms with Crippen LogP contribution in [0.15, 0.2) is 35.7 Å². The summed E-state index contributed by atoms with van der Waals surface area (Å²) in [6, 6.07) is 7.95. The van der Waals surface area contributed by atoms with E-state index in [9.17, 15) is 4.79 Å². The van der Waals surface area contributed by atoms with Gasteiger partial charge in [-0.25, -0.2) is 0 Å². The van der Waals surface area contributed by atoms with Crippen molar-refractivity contribution in [1.29, 1.82) is 0 Å². The first-order chi connectivity index (χ1) is 15.5. The molecule has 0 aliphatic heterocycles. The van der Waals surface area contributed by atoms with E-state index >= 15 is 0 Å². The number of carbonyl (C=O) groups excluding carboxylic acids is 1. The molecular formula is C24H31ClN4O2S. The molecule has 6 nitrogen and oxygen atoms in total. The molecule has 4 fully saturated rings. The molecule has 172 valence electrons. The molecule has 0 N–H and O–H groups in total. The number of nitrogens with zero attached hydrogens (tertiary/aromatic N) is 4. The quantitative estimate of drug-likeness (QED) is 0.494. The van der Waals surface area contributed by atoms with Crippen molar-refractivity contribution in [2.24, 2.45) is 17.8 Å². The summed E-state index contributed by atoms with van der Waals surface area (Å²) in [5.74, 6) is 2.93. The molecule has 0 saturated heterocycles. The molecule has 0 spiro atoms. The van der Waals surface area contributed by atoms with Crippen LogP contribution in [0, 0.1) is 17.8 Å². The number of benzene rings is 1. The van der Waals surface area contributed by atoms with E-state index in [0.29, 0.717) is 25.4 Å². The zero-order valence-corrected chi connectivity index (χ0v) is 20.2. The summed E-state index contributed by atoms with van der Waals surface area (Å²) in [6.45, 7) is 1.93. The fraction of sp³-hybridized carbons (Fsp3) is 0.625. The van der Waals surface area contributed by atoms with Crippen LogP contribution >= 0.6 is 23.4 Å². The van der Waals surface area contributed by atoms with E-state index < -0.39 is 0 Å². The molecule has 8 heteroatoms. The van der Waals surface area contributed by atoms with Gasteiger partial charge in [-0.1, -0.05) is 35.5 Å². The molecule has 1 heterocycles. The Morgan fingerprint density at radius 1 is 1.19 bits per heavy atom. The molecule has 1 aromatic carbocycles. The number of amides is 1. The normalized spacial score (nSPS) is 28.2. The van der Waals surface area contributed by atoms with Crippen LogP contribution < -0.4 is 0 Å². The highest BCUT2D eigenvalue weighted by Crippen LogP contribution is 2.58. The van der Waals surface area contributed by atoms with Crippen LogP contribution in [-0.4, -0.2) is 50.6 Å². The molecule has 2 aromatic rings. The molecule has 1 amide bonds. The SMILES string of the molecule is COCCn1cnnc1SCC(=O)N(Cc1ccc(Cl)cc1)C12CC3CC(CC(C3)C1)C2. The van der Waals surface area contributed by atoms with E-state index in [0.717, 1.165) is 52.8 Å². The van der Waals surface area contributed by atoms with Crippen LogP contribution in [0.5, 0.6) is 0 Å². The second kappa shape index (κ2) is 9.35. The first kappa shape index (κ1) is 22.2. The standard InChI is InChI=1S/C24H31ClN4O2S/c1-31-7-6-28-16-26-27-23(28)32-15-22(30)29(14-17-2-4-21(25)5-3-17)24-11-18-8-19(12-24)10-20(9-18)13-24/h2-5,16,18-20H,6-15H2,1H3. The van der Waals surface area contributed by atoms with E-state index in [4.69, 9.17) is 16.3 Å². The summed E-state index contributed by atoms with van der Waals surface area (Å²) in [5, 5.41) is 9.75. The lowest BCUT2D eigenvalue weighted by molar-refractivity contribution is -0.149. The van der Waals surface area contributed by atoms with E-state index in [1.807, 2.05) is 16.7 Å². The third-order valence-corrected chi connectivity index (χ3v) is 8.79. The lowest BCUT2D eigenvalue weighted by Crippen LogP contribution is -2.61. The number of hydrogen-bond donors (Lipinski definition) is 0. The molecule has 4 aliphatic rings. The fourth-order valence-corrected chi connectivity index (χ4v) is 7.54. The molecule has 4 aliphatic carbocycles. The largest absolute Gasteiger partial charge is 0.383 e. The van der Waals surface area contributed by atoms with Crippen LogP contribution in [0.25, 0.3) is 0 Å². The Labute approximate surface area is 199 Å². The van der Waals surface area contributed by atoms with Gasteiger partial charge in [0.15, 0.2) is 5.16 Å². The first-order valence-corrected chi connectivity index (χ1v) is 13.0. The van der Waals surface area contributed by atoms with Gasteiger partial charge in [0.2, 0.25) is 5.91 Å². The summed E-state index contributed by atoms with van der Waals surface area (Å²) in [6.07, 6.45) is 9.27. The zero-order valence-electron chi connectivity index (χ0n) is 18.6. The summed E-state index contributed by atoms with van der Waals surface area (Å²) in [4.78, 5) is 16.0. The molecule has 6 rings (SSSR count). The van der Waals surface area contributed by atoms with Gasteiger partial charge in [0.05, 0.1) is 12.4 Å². The van der Waals surface area contributed by atoms with Gasteiger partial charge >= 0.3 is 0 Å². The number of aromatic nitrogens is 3. The number of hydrogen-bond acceptors (Lipinski definition) is 5. The third kappa shape index (κ3) is 4.57. The van der Waals surface area contributed by atoms with Crippen molar-refractivity contribution in [3.8, 4) is 0 Å². The Kier molecular flexibility index (Phi) is 6.50. The molecule has 0 unspecified atom stereocenters. The summed E-state index contributed by atoms with van der Waals surface area (Å²) in [5.41, 5.74) is 1.15. The van der Waals surface area contributed by atoms with E-state index in [1.54, 1.807) is 13.4 Å². The van der Waals surface area contributed by atoms with Gasteiger partial charge < -0.3 is 14.2 Å². The minimum Gasteiger partial charge on any atom is -0.383 e. The lowest BCUT2D eigenvalue weighted by atomic mass is 9.52. The van der Waals surface area contributed by atoms with Gasteiger partial charge in [-0.3, -0.25) is 4.79 Å². The molecule has 32 heavy (non-hydrogen) atoms. The van der Waals surface area contributed by atoms with Crippen LogP contribution in [0.4, 0.5) is 0 Å². The third-order valence-electron chi connectivity index (χ3n) is 7.57. The average molecular weight is 475 g/mol. The first-order valence-electron chi connectivity index (χ1n) is 11.6. The summed E-state index contributed by atoms with van der Waals surface area (Å²) >= 11 is 7.60. The number of carbonyl (C=O) groups is 1. The van der Waals surface area contributed by atoms with Crippen molar-refractivity contribution >= 4 is 29.3 Å². The van der Waals surface area contributed by atoms with Gasteiger partial charge in [-0.15, -0.1) is 10.2 Å². The van der Waals surface area contributed by atoms with Crippen molar-refractivity contribution in [3.05, 3.63) is 41.2 Å². The molecular weight excluding hydrogens is 444 g/mol. The highest BCUT2D eigenvalue weighted by molar-refractivity contribution is 7.99. The summed E-state index contributed by atoms with van der Waals surface area (Å²) in [7, 11) is 1.68. The minimum absolute atomic E-state index is 0.00968. The highest BCUT2D eigenvalue weighted by Gasteiger charge is 2.54. The van der Waals surface area contributed by atoms with E-state index in [1.165, 1.54) is 31.0 Å². The maximum absolute atomic E-state index is 13.7. The van der Waals surface area contributed by atoms with Crippen molar-refractivity contribution in [3.63, 3.8) is 0 Å². The Balaban J connectivity index is 1.35. The molecule has 0 atom stereocenters. The predicted octanol–water partition coefficient (Wildman–Crippen LogP) is 4.67. The fourth-order valence-electron chi connectivity index (χ4n) is 6.59. The maximum Gasteiger partial charge on any atom is 0.233 e. The Bertz CT molecular complexity index is 912. The van der Waals surface area contributed by atoms with Crippen molar-refractivity contribution < 1.29 is 9.53 Å². The number of ether oxygens (including phenoxy) is 1. The van der Waals surface area contributed by atoms with Gasteiger partial charge in [0.1, 0.15) is 6.33 Å². The maximum atomic E-state index is 13.7. The lowest BCUT2D eigenvalue weighted by Gasteiger charge is -2.60. The topological polar surface area (TPSA) is 60.2 Å². The average Bonchev–Trinajstić information content (AvgIpc) is 3.22.